The highest BCUT2D eigenvalue weighted by molar-refractivity contribution is 5.64. The summed E-state index contributed by atoms with van der Waals surface area (Å²) in [6, 6.07) is 17.4. The van der Waals surface area contributed by atoms with Gasteiger partial charge in [0.25, 0.3) is 0 Å². The molecule has 0 radical (unpaired) electrons. The number of hydrogen-bond donors (Lipinski definition) is 0. The van der Waals surface area contributed by atoms with Crippen molar-refractivity contribution in [3.8, 4) is 16.9 Å². The van der Waals surface area contributed by atoms with E-state index in [0.717, 1.165) is 31.6 Å². The molecule has 1 fully saturated rings. The Balaban J connectivity index is 1.56. The lowest BCUT2D eigenvalue weighted by Gasteiger charge is -2.28. The van der Waals surface area contributed by atoms with Gasteiger partial charge < -0.3 is 4.74 Å². The normalized spacial score (nSPS) is 20.1. The van der Waals surface area contributed by atoms with Crippen molar-refractivity contribution in [3.63, 3.8) is 0 Å². The van der Waals surface area contributed by atoms with Crippen LogP contribution in [0.25, 0.3) is 11.1 Å². The second kappa shape index (κ2) is 10.3. The third-order valence-corrected chi connectivity index (χ3v) is 5.74. The van der Waals surface area contributed by atoms with Gasteiger partial charge in [-0.25, -0.2) is 4.39 Å². The van der Waals surface area contributed by atoms with Crippen LogP contribution in [0.15, 0.2) is 60.9 Å². The zero-order valence-electron chi connectivity index (χ0n) is 16.4. The van der Waals surface area contributed by atoms with E-state index in [1.54, 1.807) is 6.08 Å². The molecule has 0 saturated heterocycles. The Labute approximate surface area is 163 Å². The van der Waals surface area contributed by atoms with Gasteiger partial charge in [0.2, 0.25) is 0 Å². The third kappa shape index (κ3) is 5.69. The number of allylic oxidation sites excluding steroid dienone is 1. The highest BCUT2D eigenvalue weighted by atomic mass is 19.1. The number of unbranched alkanes of at least 4 members (excludes halogenated alkanes) is 1. The smallest absolute Gasteiger partial charge is 0.119 e. The minimum atomic E-state index is 0.652. The first-order valence-corrected chi connectivity index (χ1v) is 10.4. The fourth-order valence-corrected chi connectivity index (χ4v) is 4.00. The van der Waals surface area contributed by atoms with E-state index in [9.17, 15) is 4.39 Å². The minimum absolute atomic E-state index is 0.652. The fraction of sp³-hybridized carbons (Fsp3) is 0.440. The number of halogens is 1. The maximum atomic E-state index is 12.2. The molecule has 0 unspecified atom stereocenters. The second-order valence-corrected chi connectivity index (χ2v) is 7.66. The molecule has 0 spiro atoms. The van der Waals surface area contributed by atoms with Crippen molar-refractivity contribution in [2.45, 2.75) is 57.8 Å². The predicted octanol–water partition coefficient (Wildman–Crippen LogP) is 7.68. The number of hydrogen-bond acceptors (Lipinski definition) is 1. The Morgan fingerprint density at radius 3 is 2.15 bits per heavy atom. The van der Waals surface area contributed by atoms with Crippen molar-refractivity contribution >= 4 is 0 Å². The van der Waals surface area contributed by atoms with Crippen molar-refractivity contribution in [1.82, 2.24) is 0 Å². The zero-order chi connectivity index (χ0) is 18.9. The zero-order valence-corrected chi connectivity index (χ0v) is 16.4. The summed E-state index contributed by atoms with van der Waals surface area (Å²) >= 11 is 0. The molecule has 0 bridgehead atoms. The molecule has 0 amide bonds. The van der Waals surface area contributed by atoms with Crippen LogP contribution in [0, 0.1) is 5.92 Å². The van der Waals surface area contributed by atoms with Gasteiger partial charge in [0.15, 0.2) is 0 Å². The molecule has 2 aromatic rings. The van der Waals surface area contributed by atoms with E-state index in [1.807, 2.05) is 0 Å². The molecule has 1 aliphatic carbocycles. The van der Waals surface area contributed by atoms with Crippen LogP contribution in [-0.4, -0.2) is 6.61 Å². The molecule has 0 atom stereocenters. The monoisotopic (exact) mass is 366 g/mol. The summed E-state index contributed by atoms with van der Waals surface area (Å²) in [7, 11) is 0. The van der Waals surface area contributed by atoms with Crippen molar-refractivity contribution in [2.75, 3.05) is 6.61 Å². The Morgan fingerprint density at radius 1 is 0.926 bits per heavy atom. The van der Waals surface area contributed by atoms with E-state index in [4.69, 9.17) is 4.74 Å². The molecule has 1 saturated carbocycles. The maximum Gasteiger partial charge on any atom is 0.119 e. The highest BCUT2D eigenvalue weighted by Gasteiger charge is 2.21. The van der Waals surface area contributed by atoms with Gasteiger partial charge in [0.05, 0.1) is 12.9 Å². The van der Waals surface area contributed by atoms with E-state index < -0.39 is 0 Å². The van der Waals surface area contributed by atoms with Crippen LogP contribution in [-0.2, 0) is 0 Å². The average molecular weight is 367 g/mol. The van der Waals surface area contributed by atoms with Gasteiger partial charge in [-0.3, -0.25) is 0 Å². The summed E-state index contributed by atoms with van der Waals surface area (Å²) in [5.41, 5.74) is 3.92. The molecule has 0 aromatic heterocycles. The van der Waals surface area contributed by atoms with Crippen LogP contribution in [0.4, 0.5) is 4.39 Å². The highest BCUT2D eigenvalue weighted by Crippen LogP contribution is 2.37. The Morgan fingerprint density at radius 2 is 1.56 bits per heavy atom. The van der Waals surface area contributed by atoms with E-state index in [1.165, 1.54) is 42.4 Å². The van der Waals surface area contributed by atoms with Crippen molar-refractivity contribution in [1.29, 1.82) is 0 Å². The van der Waals surface area contributed by atoms with Gasteiger partial charge in [0, 0.05) is 0 Å². The van der Waals surface area contributed by atoms with Gasteiger partial charge in [-0.1, -0.05) is 55.8 Å². The SMILES string of the molecule is CCCCOc1ccc(-c2ccc(C3CCC(C/C=C/F)CC3)cc2)cc1. The first-order valence-electron chi connectivity index (χ1n) is 10.4. The minimum Gasteiger partial charge on any atom is -0.494 e. The van der Waals surface area contributed by atoms with E-state index in [-0.39, 0.29) is 0 Å². The van der Waals surface area contributed by atoms with Crippen LogP contribution in [0.2, 0.25) is 0 Å². The first-order chi connectivity index (χ1) is 13.3. The van der Waals surface area contributed by atoms with Crippen LogP contribution in [0.3, 0.4) is 0 Å². The standard InChI is InChI=1S/C25H31FO/c1-2-3-19-27-25-16-14-24(15-17-25)23-12-10-22(11-13-23)21-8-6-20(7-9-21)5-4-18-26/h4,10-18,20-21H,2-3,5-9,19H2,1H3/b18-4+. The molecule has 0 aliphatic heterocycles. The molecule has 144 valence electrons. The lowest BCUT2D eigenvalue weighted by Crippen LogP contribution is -2.12. The molecule has 1 nitrogen and oxygen atoms in total. The van der Waals surface area contributed by atoms with Gasteiger partial charge in [-0.15, -0.1) is 0 Å². The lowest BCUT2D eigenvalue weighted by atomic mass is 9.77. The van der Waals surface area contributed by atoms with Crippen molar-refractivity contribution in [2.24, 2.45) is 5.92 Å². The predicted molar refractivity (Wildman–Crippen MR) is 112 cm³/mol. The average Bonchev–Trinajstić information content (AvgIpc) is 2.73. The maximum absolute atomic E-state index is 12.2. The summed E-state index contributed by atoms with van der Waals surface area (Å²) in [4.78, 5) is 0. The van der Waals surface area contributed by atoms with E-state index >= 15 is 0 Å². The van der Waals surface area contributed by atoms with Crippen molar-refractivity contribution in [3.05, 3.63) is 66.5 Å². The van der Waals surface area contributed by atoms with Gasteiger partial charge in [-0.2, -0.15) is 0 Å². The number of rotatable bonds is 8. The number of ether oxygens (including phenoxy) is 1. The van der Waals surface area contributed by atoms with E-state index in [2.05, 4.69) is 55.5 Å². The Bertz CT molecular complexity index is 694. The quantitative estimate of drug-likeness (QED) is 0.435. The summed E-state index contributed by atoms with van der Waals surface area (Å²) in [6.07, 6.45) is 10.3. The molecule has 3 rings (SSSR count). The van der Waals surface area contributed by atoms with Gasteiger partial charge >= 0.3 is 0 Å². The fourth-order valence-electron chi connectivity index (χ4n) is 4.00. The third-order valence-electron chi connectivity index (χ3n) is 5.74. The Kier molecular flexibility index (Phi) is 7.50. The first kappa shape index (κ1) is 19.7. The number of benzene rings is 2. The van der Waals surface area contributed by atoms with E-state index in [0.29, 0.717) is 18.2 Å². The topological polar surface area (TPSA) is 9.23 Å². The van der Waals surface area contributed by atoms with Crippen LogP contribution in [0.1, 0.15) is 63.4 Å². The molecular formula is C25H31FO. The molecule has 27 heavy (non-hydrogen) atoms. The van der Waals surface area contributed by atoms with Crippen molar-refractivity contribution < 1.29 is 9.13 Å². The lowest BCUT2D eigenvalue weighted by molar-refractivity contribution is 0.309. The van der Waals surface area contributed by atoms with Gasteiger partial charge in [0.1, 0.15) is 5.75 Å². The summed E-state index contributed by atoms with van der Waals surface area (Å²) in [5, 5.41) is 0. The van der Waals surface area contributed by atoms with Crippen LogP contribution < -0.4 is 4.74 Å². The molecular weight excluding hydrogens is 335 g/mol. The molecule has 2 heteroatoms. The summed E-state index contributed by atoms with van der Waals surface area (Å²) in [6.45, 7) is 2.96. The summed E-state index contributed by atoms with van der Waals surface area (Å²) in [5.74, 6) is 2.26. The van der Waals surface area contributed by atoms with Gasteiger partial charge in [-0.05, 0) is 79.2 Å². The molecule has 0 heterocycles. The molecule has 2 aromatic carbocycles. The molecule has 1 aliphatic rings. The second-order valence-electron chi connectivity index (χ2n) is 7.66. The van der Waals surface area contributed by atoms with Crippen LogP contribution >= 0.6 is 0 Å². The Hall–Kier alpha value is -2.09. The molecule has 0 N–H and O–H groups in total. The largest absolute Gasteiger partial charge is 0.494 e. The van der Waals surface area contributed by atoms with Crippen LogP contribution in [0.5, 0.6) is 5.75 Å². The summed E-state index contributed by atoms with van der Waals surface area (Å²) < 4.78 is 17.9.